The molecule has 3 unspecified atom stereocenters. The number of alkyl halides is 1. The molecule has 4 nitrogen and oxygen atoms in total. The predicted octanol–water partition coefficient (Wildman–Crippen LogP) is 4.69. The molecule has 1 aliphatic heterocycles. The van der Waals surface area contributed by atoms with E-state index in [9.17, 15) is 9.18 Å². The van der Waals surface area contributed by atoms with Gasteiger partial charge in [0.1, 0.15) is 5.67 Å². The fourth-order valence-electron chi connectivity index (χ4n) is 4.85. The molecule has 2 fully saturated rings. The lowest BCUT2D eigenvalue weighted by molar-refractivity contribution is 0.0839. The molecule has 6 heteroatoms. The summed E-state index contributed by atoms with van der Waals surface area (Å²) < 4.78 is 16.4. The van der Waals surface area contributed by atoms with Gasteiger partial charge in [0.25, 0.3) is 5.91 Å². The second-order valence-electron chi connectivity index (χ2n) is 8.71. The van der Waals surface area contributed by atoms with Crippen molar-refractivity contribution in [3.8, 4) is 0 Å². The Balaban J connectivity index is 1.53. The molecule has 1 aromatic heterocycles. The highest BCUT2D eigenvalue weighted by Gasteiger charge is 2.32. The molecule has 2 aromatic rings. The Bertz CT molecular complexity index is 857. The third-order valence-electron chi connectivity index (χ3n) is 6.26. The Kier molecular flexibility index (Phi) is 5.66. The van der Waals surface area contributed by atoms with Crippen LogP contribution in [-0.4, -0.2) is 35.3 Å². The maximum Gasteiger partial charge on any atom is 0.253 e. The number of hydrogen-bond donors (Lipinski definition) is 2. The maximum atomic E-state index is 14.3. The normalized spacial score (nSPS) is 28.0. The van der Waals surface area contributed by atoms with Gasteiger partial charge in [-0.15, -0.1) is 0 Å². The number of halogens is 2. The van der Waals surface area contributed by atoms with Crippen LogP contribution in [0.3, 0.4) is 0 Å². The number of aromatic nitrogens is 1. The summed E-state index contributed by atoms with van der Waals surface area (Å²) >= 11 is 6.46. The van der Waals surface area contributed by atoms with Crippen molar-refractivity contribution in [2.45, 2.75) is 63.7 Å². The average molecular weight is 406 g/mol. The van der Waals surface area contributed by atoms with E-state index < -0.39 is 5.67 Å². The molecule has 0 bridgehead atoms. The van der Waals surface area contributed by atoms with E-state index in [0.717, 1.165) is 43.3 Å². The Morgan fingerprint density at radius 1 is 1.39 bits per heavy atom. The Morgan fingerprint density at radius 2 is 2.25 bits per heavy atom. The lowest BCUT2D eigenvalue weighted by Crippen LogP contribution is -2.35. The Hall–Kier alpha value is -1.59. The molecular formula is C22H29ClFN3O. The first-order valence-electron chi connectivity index (χ1n) is 10.4. The summed E-state index contributed by atoms with van der Waals surface area (Å²) in [5.41, 5.74) is 0.485. The highest BCUT2D eigenvalue weighted by Crippen LogP contribution is 2.35. The van der Waals surface area contributed by atoms with E-state index in [1.54, 1.807) is 6.92 Å². The van der Waals surface area contributed by atoms with E-state index in [4.69, 9.17) is 11.6 Å². The number of hydrogen-bond acceptors (Lipinski definition) is 2. The van der Waals surface area contributed by atoms with Crippen LogP contribution in [0.1, 0.15) is 55.8 Å². The first-order chi connectivity index (χ1) is 13.4. The molecule has 2 heterocycles. The smallest absolute Gasteiger partial charge is 0.253 e. The standard InChI is InChI=1S/C22H29ClFN3O/c1-22(24)9-3-5-15(11-22)12-26-21(28)17-14-27(13-16-6-4-10-25-16)19-8-2-7-18(23)20(17)19/h2,7-8,14-16,25H,3-6,9-13H2,1H3,(H,26,28). The monoisotopic (exact) mass is 405 g/mol. The van der Waals surface area contributed by atoms with Crippen LogP contribution in [-0.2, 0) is 6.54 Å². The van der Waals surface area contributed by atoms with Crippen LogP contribution < -0.4 is 10.6 Å². The van der Waals surface area contributed by atoms with Crippen LogP contribution in [0.5, 0.6) is 0 Å². The Labute approximate surface area is 170 Å². The van der Waals surface area contributed by atoms with Crippen LogP contribution >= 0.6 is 11.6 Å². The van der Waals surface area contributed by atoms with Gasteiger partial charge >= 0.3 is 0 Å². The summed E-state index contributed by atoms with van der Waals surface area (Å²) in [5, 5.41) is 7.95. The molecule has 2 N–H and O–H groups in total. The van der Waals surface area contributed by atoms with Gasteiger partial charge in [0, 0.05) is 30.7 Å². The van der Waals surface area contributed by atoms with Crippen molar-refractivity contribution in [3.05, 3.63) is 35.0 Å². The van der Waals surface area contributed by atoms with E-state index in [1.807, 2.05) is 24.4 Å². The number of carbonyl (C=O) groups excluding carboxylic acids is 1. The molecule has 0 radical (unpaired) electrons. The number of rotatable bonds is 5. The van der Waals surface area contributed by atoms with Gasteiger partial charge in [-0.1, -0.05) is 17.7 Å². The lowest BCUT2D eigenvalue weighted by atomic mass is 9.80. The van der Waals surface area contributed by atoms with Gasteiger partial charge in [-0.2, -0.15) is 0 Å². The van der Waals surface area contributed by atoms with Crippen molar-refractivity contribution in [2.75, 3.05) is 13.1 Å². The van der Waals surface area contributed by atoms with Gasteiger partial charge in [-0.3, -0.25) is 4.79 Å². The molecule has 152 valence electrons. The van der Waals surface area contributed by atoms with Gasteiger partial charge in [0.15, 0.2) is 0 Å². The van der Waals surface area contributed by atoms with Gasteiger partial charge in [-0.25, -0.2) is 4.39 Å². The van der Waals surface area contributed by atoms with Gasteiger partial charge in [0.05, 0.1) is 16.1 Å². The van der Waals surface area contributed by atoms with Gasteiger partial charge < -0.3 is 15.2 Å². The van der Waals surface area contributed by atoms with Crippen LogP contribution in [0, 0.1) is 5.92 Å². The molecule has 3 atom stereocenters. The zero-order chi connectivity index (χ0) is 19.7. The zero-order valence-corrected chi connectivity index (χ0v) is 17.2. The average Bonchev–Trinajstić information content (AvgIpc) is 3.28. The molecule has 2 aliphatic rings. The summed E-state index contributed by atoms with van der Waals surface area (Å²) in [6.45, 7) is 4.06. The Morgan fingerprint density at radius 3 is 3.00 bits per heavy atom. The van der Waals surface area contributed by atoms with Crippen molar-refractivity contribution in [2.24, 2.45) is 5.92 Å². The summed E-state index contributed by atoms with van der Waals surface area (Å²) in [6.07, 6.45) is 7.24. The first kappa shape index (κ1) is 19.7. The van der Waals surface area contributed by atoms with Crippen molar-refractivity contribution in [3.63, 3.8) is 0 Å². The first-order valence-corrected chi connectivity index (χ1v) is 10.8. The minimum atomic E-state index is -1.11. The van der Waals surface area contributed by atoms with Crippen molar-refractivity contribution >= 4 is 28.4 Å². The highest BCUT2D eigenvalue weighted by molar-refractivity contribution is 6.36. The fourth-order valence-corrected chi connectivity index (χ4v) is 5.13. The van der Waals surface area contributed by atoms with Crippen LogP contribution in [0.4, 0.5) is 4.39 Å². The number of benzene rings is 1. The molecule has 0 spiro atoms. The third kappa shape index (κ3) is 4.20. The second-order valence-corrected chi connectivity index (χ2v) is 9.12. The van der Waals surface area contributed by atoms with E-state index in [-0.39, 0.29) is 11.8 Å². The number of amides is 1. The second kappa shape index (κ2) is 8.03. The fraction of sp³-hybridized carbons (Fsp3) is 0.591. The van der Waals surface area contributed by atoms with Crippen molar-refractivity contribution in [1.82, 2.24) is 15.2 Å². The van der Waals surface area contributed by atoms with Crippen molar-refractivity contribution in [1.29, 1.82) is 0 Å². The van der Waals surface area contributed by atoms with E-state index >= 15 is 0 Å². The molecular weight excluding hydrogens is 377 g/mol. The minimum absolute atomic E-state index is 0.123. The molecule has 1 saturated carbocycles. The summed E-state index contributed by atoms with van der Waals surface area (Å²) in [5.74, 6) is 0.0709. The predicted molar refractivity (Wildman–Crippen MR) is 112 cm³/mol. The molecule has 4 rings (SSSR count). The van der Waals surface area contributed by atoms with Crippen LogP contribution in [0.15, 0.2) is 24.4 Å². The van der Waals surface area contributed by atoms with Gasteiger partial charge in [0.2, 0.25) is 0 Å². The molecule has 1 aliphatic carbocycles. The maximum absolute atomic E-state index is 14.3. The highest BCUT2D eigenvalue weighted by atomic mass is 35.5. The lowest BCUT2D eigenvalue weighted by Gasteiger charge is -2.31. The summed E-state index contributed by atoms with van der Waals surface area (Å²) in [7, 11) is 0. The summed E-state index contributed by atoms with van der Waals surface area (Å²) in [6, 6.07) is 6.20. The topological polar surface area (TPSA) is 46.1 Å². The van der Waals surface area contributed by atoms with E-state index in [0.29, 0.717) is 36.0 Å². The molecule has 1 aromatic carbocycles. The largest absolute Gasteiger partial charge is 0.352 e. The molecule has 1 amide bonds. The number of nitrogens with zero attached hydrogens (tertiary/aromatic N) is 1. The van der Waals surface area contributed by atoms with Crippen LogP contribution in [0.25, 0.3) is 10.9 Å². The minimum Gasteiger partial charge on any atom is -0.352 e. The SMILES string of the molecule is CC1(F)CCCC(CNC(=O)c2cn(CC3CCCN3)c3cccc(Cl)c23)C1. The number of carbonyl (C=O) groups is 1. The van der Waals surface area contributed by atoms with E-state index in [1.165, 1.54) is 6.42 Å². The summed E-state index contributed by atoms with van der Waals surface area (Å²) in [4.78, 5) is 13.0. The third-order valence-corrected chi connectivity index (χ3v) is 6.57. The van der Waals surface area contributed by atoms with Crippen LogP contribution in [0.2, 0.25) is 5.02 Å². The number of nitrogens with one attached hydrogen (secondary N) is 2. The van der Waals surface area contributed by atoms with Gasteiger partial charge in [-0.05, 0) is 70.0 Å². The molecule has 28 heavy (non-hydrogen) atoms. The quantitative estimate of drug-likeness (QED) is 0.757. The number of fused-ring (bicyclic) bond motifs is 1. The molecule has 1 saturated heterocycles. The van der Waals surface area contributed by atoms with Crippen molar-refractivity contribution < 1.29 is 9.18 Å². The van der Waals surface area contributed by atoms with E-state index in [2.05, 4.69) is 15.2 Å². The zero-order valence-electron chi connectivity index (χ0n) is 16.4.